The molecule has 38 heavy (non-hydrogen) atoms. The van der Waals surface area contributed by atoms with Crippen molar-refractivity contribution in [2.75, 3.05) is 12.4 Å². The lowest BCUT2D eigenvalue weighted by molar-refractivity contribution is -0.125. The second kappa shape index (κ2) is 13.3. The monoisotopic (exact) mass is 515 g/mol. The van der Waals surface area contributed by atoms with Gasteiger partial charge in [-0.05, 0) is 55.6 Å². The number of likely N-dealkylation sites (N-methyl/N-ethyl adjacent to an activating group) is 1. The highest BCUT2D eigenvalue weighted by Crippen LogP contribution is 2.34. The number of nitrogens with zero attached hydrogens (tertiary/aromatic N) is 3. The molecule has 1 aliphatic rings. The molecule has 0 saturated heterocycles. The number of aryl methyl sites for hydroxylation is 1. The fourth-order valence-corrected chi connectivity index (χ4v) is 5.21. The molecule has 1 aromatic carbocycles. The molecule has 3 aromatic rings. The predicted octanol–water partition coefficient (Wildman–Crippen LogP) is 6.39. The van der Waals surface area contributed by atoms with Gasteiger partial charge in [0, 0.05) is 30.9 Å². The number of amides is 1. The Kier molecular flexibility index (Phi) is 10.4. The van der Waals surface area contributed by atoms with Crippen molar-refractivity contribution in [1.82, 2.24) is 19.9 Å². The van der Waals surface area contributed by atoms with Gasteiger partial charge in [0.15, 0.2) is 5.65 Å². The number of hydrogen-bond donors (Lipinski definition) is 2. The van der Waals surface area contributed by atoms with Gasteiger partial charge in [0.1, 0.15) is 5.82 Å². The van der Waals surface area contributed by atoms with E-state index in [1.54, 1.807) is 7.05 Å². The summed E-state index contributed by atoms with van der Waals surface area (Å²) in [5.74, 6) is 1.16. The second-order valence-electron chi connectivity index (χ2n) is 11.1. The Morgan fingerprint density at radius 1 is 1.05 bits per heavy atom. The molecule has 2 heterocycles. The van der Waals surface area contributed by atoms with Crippen molar-refractivity contribution in [1.29, 1.82) is 0 Å². The van der Waals surface area contributed by atoms with E-state index in [0.717, 1.165) is 48.4 Å². The van der Waals surface area contributed by atoms with Crippen LogP contribution in [0.25, 0.3) is 5.65 Å². The third kappa shape index (κ3) is 6.59. The van der Waals surface area contributed by atoms with Crippen LogP contribution in [0.3, 0.4) is 0 Å². The normalized spacial score (nSPS) is 16.8. The molecule has 0 bridgehead atoms. The Balaban J connectivity index is 0.000000211. The van der Waals surface area contributed by atoms with Gasteiger partial charge in [-0.15, -0.1) is 0 Å². The second-order valence-corrected chi connectivity index (χ2v) is 11.1. The third-order valence-corrected chi connectivity index (χ3v) is 8.51. The number of carbonyl (C=O) groups excluding carboxylic acids is 1. The number of nitrogens with one attached hydrogen (secondary N) is 2. The van der Waals surface area contributed by atoms with Crippen molar-refractivity contribution < 1.29 is 4.79 Å². The van der Waals surface area contributed by atoms with Gasteiger partial charge in [-0.25, -0.2) is 4.98 Å². The Labute approximate surface area is 230 Å². The number of fused-ring (bicyclic) bond motifs is 1. The van der Waals surface area contributed by atoms with Crippen LogP contribution in [0.5, 0.6) is 0 Å². The summed E-state index contributed by atoms with van der Waals surface area (Å²) in [6.07, 6.45) is 11.6. The van der Waals surface area contributed by atoms with Crippen LogP contribution in [0.4, 0.5) is 5.82 Å². The van der Waals surface area contributed by atoms with Gasteiger partial charge in [0.2, 0.25) is 5.91 Å². The molecule has 2 unspecified atom stereocenters. The standard InChI is InChI=1S/C17H26BNO.C14H20N4/c1-6-16(3,12-18)13-8-10-14(11-9-13)17(4,7-2)15(20)19-5;1-2-5-12-10-14(16-11-6-3-4-7-11)18-13(17-12)8-9-15-18/h8-11H,6-7,12H2,1-5H3,(H,19,20);8-11,16H,2-7H2,1H3. The number of carbonyl (C=O) groups is 1. The van der Waals surface area contributed by atoms with E-state index < -0.39 is 5.41 Å². The Hall–Kier alpha value is -2.83. The molecule has 0 spiro atoms. The highest BCUT2D eigenvalue weighted by molar-refractivity contribution is 6.09. The van der Waals surface area contributed by atoms with Crippen molar-refractivity contribution in [3.05, 3.63) is 59.4 Å². The summed E-state index contributed by atoms with van der Waals surface area (Å²) in [6.45, 7) is 10.6. The largest absolute Gasteiger partial charge is 0.367 e. The topological polar surface area (TPSA) is 71.3 Å². The smallest absolute Gasteiger partial charge is 0.230 e. The SMILES string of the molecule is CCCc1cc(NC2CCCC2)n2nccc2n1.[B]CC(C)(CC)c1ccc(C(C)(CC)C(=O)NC)cc1. The summed E-state index contributed by atoms with van der Waals surface area (Å²) >= 11 is 0. The maximum absolute atomic E-state index is 12.1. The van der Waals surface area contributed by atoms with Gasteiger partial charge < -0.3 is 10.6 Å². The molecule has 7 heteroatoms. The molecule has 1 saturated carbocycles. The Morgan fingerprint density at radius 2 is 1.71 bits per heavy atom. The summed E-state index contributed by atoms with van der Waals surface area (Å²) in [6, 6.07) is 13.1. The fraction of sp³-hybridized carbons (Fsp3) is 0.581. The van der Waals surface area contributed by atoms with E-state index in [2.05, 4.69) is 71.8 Å². The zero-order valence-corrected chi connectivity index (χ0v) is 24.3. The van der Waals surface area contributed by atoms with Crippen LogP contribution in [-0.4, -0.2) is 41.4 Å². The molecule has 4 rings (SSSR count). The van der Waals surface area contributed by atoms with Crippen LogP contribution < -0.4 is 10.6 Å². The minimum Gasteiger partial charge on any atom is -0.367 e. The van der Waals surface area contributed by atoms with Gasteiger partial charge in [-0.1, -0.05) is 77.5 Å². The van der Waals surface area contributed by atoms with E-state index in [4.69, 9.17) is 7.85 Å². The van der Waals surface area contributed by atoms with Gasteiger partial charge in [0.05, 0.1) is 19.5 Å². The van der Waals surface area contributed by atoms with Gasteiger partial charge in [0.25, 0.3) is 0 Å². The predicted molar refractivity (Wildman–Crippen MR) is 159 cm³/mol. The first-order chi connectivity index (χ1) is 18.2. The van der Waals surface area contributed by atoms with Crippen LogP contribution in [0.15, 0.2) is 42.6 Å². The maximum Gasteiger partial charge on any atom is 0.230 e. The van der Waals surface area contributed by atoms with Crippen LogP contribution in [0.1, 0.15) is 96.4 Å². The van der Waals surface area contributed by atoms with Crippen LogP contribution in [-0.2, 0) is 22.0 Å². The number of hydrogen-bond acceptors (Lipinski definition) is 4. The van der Waals surface area contributed by atoms with Crippen molar-refractivity contribution in [3.8, 4) is 0 Å². The maximum atomic E-state index is 12.1. The first-order valence-corrected chi connectivity index (χ1v) is 14.4. The molecular formula is C31H46BN5O. The number of rotatable bonds is 10. The van der Waals surface area contributed by atoms with Crippen molar-refractivity contribution in [3.63, 3.8) is 0 Å². The lowest BCUT2D eigenvalue weighted by Gasteiger charge is -2.30. The lowest BCUT2D eigenvalue weighted by Crippen LogP contribution is -2.40. The average molecular weight is 516 g/mol. The molecule has 2 N–H and O–H groups in total. The van der Waals surface area contributed by atoms with Crippen molar-refractivity contribution in [2.24, 2.45) is 0 Å². The molecule has 2 atom stereocenters. The van der Waals surface area contributed by atoms with Gasteiger partial charge >= 0.3 is 0 Å². The van der Waals surface area contributed by atoms with Crippen molar-refractivity contribution in [2.45, 2.75) is 109 Å². The summed E-state index contributed by atoms with van der Waals surface area (Å²) in [4.78, 5) is 16.7. The third-order valence-electron chi connectivity index (χ3n) is 8.51. The zero-order chi connectivity index (χ0) is 27.8. The van der Waals surface area contributed by atoms with E-state index in [1.807, 2.05) is 30.6 Å². The minimum atomic E-state index is -0.474. The highest BCUT2D eigenvalue weighted by Gasteiger charge is 2.33. The molecule has 6 nitrogen and oxygen atoms in total. The quantitative estimate of drug-likeness (QED) is 0.307. The van der Waals surface area contributed by atoms with E-state index in [-0.39, 0.29) is 11.3 Å². The molecule has 2 radical (unpaired) electrons. The van der Waals surface area contributed by atoms with Gasteiger partial charge in [-0.2, -0.15) is 9.61 Å². The Morgan fingerprint density at radius 3 is 2.26 bits per heavy atom. The molecule has 1 aliphatic carbocycles. The van der Waals surface area contributed by atoms with Crippen molar-refractivity contribution >= 4 is 25.2 Å². The van der Waals surface area contributed by atoms with Gasteiger partial charge in [-0.3, -0.25) is 4.79 Å². The van der Waals surface area contributed by atoms with E-state index in [9.17, 15) is 4.79 Å². The highest BCUT2D eigenvalue weighted by atomic mass is 16.2. The van der Waals surface area contributed by atoms with Crippen LogP contribution in [0, 0.1) is 0 Å². The number of anilines is 1. The summed E-state index contributed by atoms with van der Waals surface area (Å²) in [5, 5.41) is 10.7. The lowest BCUT2D eigenvalue weighted by atomic mass is 9.70. The first-order valence-electron chi connectivity index (χ1n) is 14.4. The zero-order valence-electron chi connectivity index (χ0n) is 24.3. The summed E-state index contributed by atoms with van der Waals surface area (Å²) in [7, 11) is 7.59. The summed E-state index contributed by atoms with van der Waals surface area (Å²) < 4.78 is 1.91. The average Bonchev–Trinajstić information content (AvgIpc) is 3.65. The molecule has 0 aliphatic heterocycles. The van der Waals surface area contributed by atoms with Crippen LogP contribution in [0.2, 0.25) is 6.32 Å². The molecule has 1 fully saturated rings. The number of benzene rings is 1. The Bertz CT molecular complexity index is 1160. The molecule has 204 valence electrons. The minimum absolute atomic E-state index is 0.00810. The molecular weight excluding hydrogens is 469 g/mol. The number of aromatic nitrogens is 3. The van der Waals surface area contributed by atoms with E-state index in [0.29, 0.717) is 12.4 Å². The molecule has 2 aromatic heterocycles. The summed E-state index contributed by atoms with van der Waals surface area (Å²) in [5.41, 5.74) is 3.93. The molecule has 1 amide bonds. The van der Waals surface area contributed by atoms with Crippen LogP contribution >= 0.6 is 0 Å². The van der Waals surface area contributed by atoms with E-state index in [1.165, 1.54) is 31.2 Å². The fourth-order valence-electron chi connectivity index (χ4n) is 5.21. The first kappa shape index (κ1) is 29.7. The van der Waals surface area contributed by atoms with E-state index >= 15 is 0 Å².